The molecule has 88 heavy (non-hydrogen) atoms. The van der Waals surface area contributed by atoms with Gasteiger partial charge in [0.2, 0.25) is 15.4 Å². The van der Waals surface area contributed by atoms with E-state index in [2.05, 4.69) is 51.6 Å². The van der Waals surface area contributed by atoms with E-state index >= 15 is 0 Å². The molecule has 1 fully saturated rings. The average molecular weight is 1260 g/mol. The zero-order valence-corrected chi connectivity index (χ0v) is 50.8. The first-order chi connectivity index (χ1) is 42.4. The lowest BCUT2D eigenvalue weighted by Crippen LogP contribution is -2.45. The predicted octanol–water partition coefficient (Wildman–Crippen LogP) is 0.421. The van der Waals surface area contributed by atoms with Crippen molar-refractivity contribution < 1.29 is 64.8 Å². The number of carboxylic acid groups (broad SMARTS) is 1. The molecule has 0 aliphatic carbocycles. The summed E-state index contributed by atoms with van der Waals surface area (Å²) in [6.07, 6.45) is 11.4. The number of sulfonamides is 1. The number of imidazole rings is 1. The number of rotatable bonds is 26. The van der Waals surface area contributed by atoms with Crippen molar-refractivity contribution in [2.24, 2.45) is 11.5 Å². The van der Waals surface area contributed by atoms with Crippen LogP contribution in [0.3, 0.4) is 0 Å². The molecule has 0 bridgehead atoms. The molecule has 6 aromatic rings. The van der Waals surface area contributed by atoms with Gasteiger partial charge in [0.1, 0.15) is 64.8 Å². The molecule has 9 N–H and O–H groups in total. The third kappa shape index (κ3) is 14.0. The first kappa shape index (κ1) is 63.0. The highest BCUT2D eigenvalue weighted by Gasteiger charge is 2.47. The van der Waals surface area contributed by atoms with Gasteiger partial charge in [0.25, 0.3) is 0 Å². The van der Waals surface area contributed by atoms with E-state index < -0.39 is 62.7 Å². The van der Waals surface area contributed by atoms with Crippen LogP contribution in [0.5, 0.6) is 11.5 Å². The van der Waals surface area contributed by atoms with Crippen LogP contribution in [0, 0.1) is 0 Å². The van der Waals surface area contributed by atoms with Gasteiger partial charge in [-0.2, -0.15) is 0 Å². The van der Waals surface area contributed by atoms with Crippen molar-refractivity contribution >= 4 is 54.4 Å². The molecule has 3 aromatic heterocycles. The van der Waals surface area contributed by atoms with Gasteiger partial charge in [-0.25, -0.2) is 45.8 Å². The summed E-state index contributed by atoms with van der Waals surface area (Å²) in [4.78, 5) is 26.0. The molecule has 27 nitrogen and oxygen atoms in total. The highest BCUT2D eigenvalue weighted by atomic mass is 32.2. The van der Waals surface area contributed by atoms with Crippen LogP contribution >= 0.6 is 0 Å². The summed E-state index contributed by atoms with van der Waals surface area (Å²) in [7, 11) is -7.90. The number of aliphatic hydroxyl groups is 1. The monoisotopic (exact) mass is 1260 g/mol. The second kappa shape index (κ2) is 27.6. The smallest absolute Gasteiger partial charge is 0.320 e. The molecular formula is C59H77N13O14S2. The number of carbonyl (C=O) groups is 1. The third-order valence-electron chi connectivity index (χ3n) is 17.0. The van der Waals surface area contributed by atoms with Gasteiger partial charge in [0.15, 0.2) is 17.7 Å². The minimum absolute atomic E-state index is 0.158. The van der Waals surface area contributed by atoms with E-state index in [9.17, 15) is 31.3 Å². The number of nitrogens with one attached hydrogen (secondary N) is 1. The number of anilines is 2. The van der Waals surface area contributed by atoms with Crippen LogP contribution < -0.4 is 46.7 Å². The van der Waals surface area contributed by atoms with Crippen LogP contribution in [-0.4, -0.2) is 188 Å². The average Bonchev–Trinajstić information content (AvgIpc) is 1.93. The number of hydrogen-bond acceptors (Lipinski definition) is 22. The molecule has 6 aliphatic rings. The lowest BCUT2D eigenvalue weighted by atomic mass is 9.82. The highest BCUT2D eigenvalue weighted by molar-refractivity contribution is 7.88. The molecule has 6 aliphatic heterocycles. The summed E-state index contributed by atoms with van der Waals surface area (Å²) in [5.74, 6) is 0.804. The number of aromatic nitrogens is 7. The largest absolute Gasteiger partial charge is 0.744 e. The maximum atomic E-state index is 12.5. The number of benzene rings is 3. The van der Waals surface area contributed by atoms with Crippen molar-refractivity contribution in [2.45, 2.75) is 125 Å². The van der Waals surface area contributed by atoms with Crippen LogP contribution in [0.1, 0.15) is 90.2 Å². The van der Waals surface area contributed by atoms with Crippen molar-refractivity contribution in [2.75, 3.05) is 95.9 Å². The number of fused-ring (bicyclic) bond motifs is 5. The van der Waals surface area contributed by atoms with Gasteiger partial charge in [0, 0.05) is 83.7 Å². The maximum absolute atomic E-state index is 12.5. The van der Waals surface area contributed by atoms with E-state index in [4.69, 9.17) is 50.7 Å². The Bertz CT molecular complexity index is 3880. The lowest BCUT2D eigenvalue weighted by molar-refractivity contribution is -0.138. The van der Waals surface area contributed by atoms with Gasteiger partial charge in [-0.15, -0.1) is 5.10 Å². The topological polar surface area (TPSA) is 375 Å². The van der Waals surface area contributed by atoms with Gasteiger partial charge < -0.3 is 65.3 Å². The fraction of sp³-hybridized carbons (Fsp3) is 0.542. The summed E-state index contributed by atoms with van der Waals surface area (Å²) in [5.41, 5.74) is 28.2. The normalized spacial score (nSPS) is 20.1. The van der Waals surface area contributed by atoms with Crippen molar-refractivity contribution in [3.05, 3.63) is 105 Å². The molecule has 9 heterocycles. The number of aliphatic hydroxyl groups excluding tert-OH is 1. The summed E-state index contributed by atoms with van der Waals surface area (Å²) in [6.45, 7) is 7.13. The SMILES string of the molecule is CS(=O)(=O)NCCOCCOCCOCCn1nncc1CCO[C@H]1[C@@H](O)[C@H](n2cnc3c(N)ncnc32)O[C@@H]1C[C@@H](N)CC[C@H](N)C(=O)O.O=S(=O)([O-])c1ccccc1C1=c2cc3c4c(c2Oc2c1cc1c5c2CCCN5CCC1)CCC[N+]=4CCC3. The predicted molar refractivity (Wildman–Crippen MR) is 321 cm³/mol. The standard InChI is InChI=1S/C31H30N2O4S.C28H47N11O10S/c34-38(35,36)26-12-2-1-9-21(26)27-24-17-19-7-3-13-32-15-5-10-22(28(19)32)30(24)37-31-23-11-6-16-33-14-4-8-20(29(23)33)18-25(27)31;1-50(43,44)36-5-8-45-10-12-47-13-11-46-9-6-39-19(15-35-37-39)4-7-48-24-21(14-18(29)2-3-20(30)28(41)42)49-27(23(24)40)38-17-34-22-25(31)32-16-33-26(22)38/h1-2,9,12,17-18H,3-8,10-11,13-16H2;15-18,20-21,23-24,27,36,40H,2-14,29-30H2,1H3,(H,41,42)(H2,31,32,33)/t;18-,20-,21+,23+,24+,27+/m.0/s1. The van der Waals surface area contributed by atoms with E-state index in [0.717, 1.165) is 117 Å². The summed E-state index contributed by atoms with van der Waals surface area (Å²) >= 11 is 0. The Hall–Kier alpha value is -6.61. The Morgan fingerprint density at radius 2 is 1.60 bits per heavy atom. The Balaban J connectivity index is 0.000000187. The second-order valence-corrected chi connectivity index (χ2v) is 26.2. The molecule has 474 valence electrons. The molecule has 0 unspecified atom stereocenters. The van der Waals surface area contributed by atoms with E-state index in [0.29, 0.717) is 69.1 Å². The number of carboxylic acids is 1. The number of aliphatic carboxylic acids is 1. The molecule has 0 radical (unpaired) electrons. The fourth-order valence-corrected chi connectivity index (χ4v) is 14.1. The number of aryl methyl sites for hydroxylation is 2. The van der Waals surface area contributed by atoms with Crippen molar-refractivity contribution in [3.8, 4) is 11.5 Å². The van der Waals surface area contributed by atoms with Gasteiger partial charge in [0.05, 0.1) is 93.8 Å². The Labute approximate surface area is 509 Å². The fourth-order valence-electron chi connectivity index (χ4n) is 13.0. The Morgan fingerprint density at radius 1 is 0.875 bits per heavy atom. The molecule has 0 amide bonds. The molecule has 1 saturated heterocycles. The van der Waals surface area contributed by atoms with Crippen LogP contribution in [0.2, 0.25) is 0 Å². The van der Waals surface area contributed by atoms with E-state index in [1.54, 1.807) is 27.6 Å². The summed E-state index contributed by atoms with van der Waals surface area (Å²) in [5, 5.41) is 30.9. The molecule has 6 atom stereocenters. The second-order valence-electron chi connectivity index (χ2n) is 23.0. The molecule has 29 heteroatoms. The first-order valence-electron chi connectivity index (χ1n) is 30.1. The number of nitrogens with zero attached hydrogens (tertiary/aromatic N) is 9. The zero-order chi connectivity index (χ0) is 61.7. The van der Waals surface area contributed by atoms with Crippen molar-refractivity contribution in [1.82, 2.24) is 43.8 Å². The molecule has 3 aromatic carbocycles. The molecule has 0 spiro atoms. The molecular weight excluding hydrogens is 1180 g/mol. The summed E-state index contributed by atoms with van der Waals surface area (Å²) in [6, 6.07) is 9.68. The van der Waals surface area contributed by atoms with Gasteiger partial charge in [-0.05, 0) is 81.5 Å². The Kier molecular flexibility index (Phi) is 19.8. The van der Waals surface area contributed by atoms with Crippen molar-refractivity contribution in [3.63, 3.8) is 0 Å². The Morgan fingerprint density at radius 3 is 2.38 bits per heavy atom. The first-order valence-corrected chi connectivity index (χ1v) is 33.4. The molecule has 0 saturated carbocycles. The third-order valence-corrected chi connectivity index (χ3v) is 18.6. The zero-order valence-electron chi connectivity index (χ0n) is 49.2. The minimum Gasteiger partial charge on any atom is -0.744 e. The van der Waals surface area contributed by atoms with Crippen LogP contribution in [0.25, 0.3) is 16.7 Å². The van der Waals surface area contributed by atoms with Crippen LogP contribution in [-0.2, 0) is 87.3 Å². The lowest BCUT2D eigenvalue weighted by Gasteiger charge is -2.39. The number of hydrogen-bond donors (Lipinski definition) is 6. The molecule has 12 rings (SSSR count). The van der Waals surface area contributed by atoms with Gasteiger partial charge >= 0.3 is 5.97 Å². The van der Waals surface area contributed by atoms with Gasteiger partial charge in [-0.1, -0.05) is 23.4 Å². The van der Waals surface area contributed by atoms with E-state index in [-0.39, 0.29) is 43.3 Å². The number of nitrogens with two attached hydrogens (primary N) is 3. The van der Waals surface area contributed by atoms with E-state index in [1.165, 1.54) is 52.0 Å². The minimum atomic E-state index is -4.68. The number of ether oxygens (including phenoxy) is 6. The summed E-state index contributed by atoms with van der Waals surface area (Å²) < 4.78 is 104. The van der Waals surface area contributed by atoms with Gasteiger partial charge in [-0.3, -0.25) is 9.36 Å². The van der Waals surface area contributed by atoms with Crippen LogP contribution in [0.15, 0.2) is 60.1 Å². The number of nitrogen functional groups attached to an aromatic ring is 1. The van der Waals surface area contributed by atoms with Crippen LogP contribution in [0.4, 0.5) is 11.5 Å². The van der Waals surface area contributed by atoms with E-state index in [1.807, 2.05) is 6.07 Å². The maximum Gasteiger partial charge on any atom is 0.320 e. The quantitative estimate of drug-likeness (QED) is 0.0243. The highest BCUT2D eigenvalue weighted by Crippen LogP contribution is 2.49. The van der Waals surface area contributed by atoms with Crippen molar-refractivity contribution in [1.29, 1.82) is 0 Å².